The summed E-state index contributed by atoms with van der Waals surface area (Å²) in [5.41, 5.74) is 9.08. The van der Waals surface area contributed by atoms with Crippen molar-refractivity contribution in [1.82, 2.24) is 0 Å². The van der Waals surface area contributed by atoms with Crippen molar-refractivity contribution >= 4 is 65.0 Å². The zero-order chi connectivity index (χ0) is 30.9. The molecule has 1 heteroatoms. The predicted octanol–water partition coefficient (Wildman–Crippen LogP) is 13.2. The smallest absolute Gasteiger partial charge is 0.136 e. The third-order valence-corrected chi connectivity index (χ3v) is 9.82. The molecule has 0 N–H and O–H groups in total. The highest BCUT2D eigenvalue weighted by atomic mass is 16.3. The Kier molecular flexibility index (Phi) is 5.64. The first kappa shape index (κ1) is 26.1. The van der Waals surface area contributed by atoms with Gasteiger partial charge in [-0.3, -0.25) is 0 Å². The normalized spacial score (nSPS) is 11.8. The van der Waals surface area contributed by atoms with E-state index in [4.69, 9.17) is 4.42 Å². The van der Waals surface area contributed by atoms with E-state index in [-0.39, 0.29) is 0 Å². The molecule has 10 rings (SSSR count). The van der Waals surface area contributed by atoms with Crippen LogP contribution in [0.2, 0.25) is 0 Å². The van der Waals surface area contributed by atoms with Gasteiger partial charge in [0.05, 0.1) is 0 Å². The van der Waals surface area contributed by atoms with Crippen LogP contribution in [0.25, 0.3) is 98.4 Å². The Labute approximate surface area is 271 Å². The minimum atomic E-state index is 0.914. The Morgan fingerprint density at radius 1 is 0.298 bits per heavy atom. The van der Waals surface area contributed by atoms with Crippen LogP contribution in [0.15, 0.2) is 174 Å². The monoisotopic (exact) mass is 596 g/mol. The fourth-order valence-electron chi connectivity index (χ4n) is 7.68. The van der Waals surface area contributed by atoms with Crippen LogP contribution < -0.4 is 0 Å². The van der Waals surface area contributed by atoms with Crippen molar-refractivity contribution < 1.29 is 4.42 Å². The summed E-state index contributed by atoms with van der Waals surface area (Å²) in [4.78, 5) is 0. The molecule has 0 amide bonds. The van der Waals surface area contributed by atoms with E-state index in [1.54, 1.807) is 0 Å². The Bertz CT molecular complexity index is 2850. The summed E-state index contributed by atoms with van der Waals surface area (Å²) in [6.45, 7) is 0. The summed E-state index contributed by atoms with van der Waals surface area (Å²) in [6, 6.07) is 61.6. The standard InChI is InChI=1S/C46H28O/c1-4-17-36-29(10-1)22-24-40-41(36)28-34-12-3-6-19-38(34)44(40)35-16-8-14-32(27-35)31-13-7-15-33(26-31)39-20-9-21-42-46(39)45-37-18-5-2-11-30(37)23-25-43(45)47-42/h1-28H. The molecule has 1 aromatic heterocycles. The predicted molar refractivity (Wildman–Crippen MR) is 200 cm³/mol. The minimum absolute atomic E-state index is 0.914. The zero-order valence-corrected chi connectivity index (χ0v) is 25.6. The fraction of sp³-hybridized carbons (Fsp3) is 0. The third kappa shape index (κ3) is 4.03. The number of furan rings is 1. The van der Waals surface area contributed by atoms with Gasteiger partial charge in [-0.15, -0.1) is 0 Å². The van der Waals surface area contributed by atoms with Crippen molar-refractivity contribution in [2.45, 2.75) is 0 Å². The third-order valence-electron chi connectivity index (χ3n) is 9.82. The Morgan fingerprint density at radius 3 is 1.72 bits per heavy atom. The molecule has 47 heavy (non-hydrogen) atoms. The van der Waals surface area contributed by atoms with Crippen LogP contribution in [-0.4, -0.2) is 0 Å². The van der Waals surface area contributed by atoms with Crippen molar-refractivity contribution in [2.75, 3.05) is 0 Å². The molecule has 0 saturated heterocycles. The van der Waals surface area contributed by atoms with Crippen LogP contribution in [0.4, 0.5) is 0 Å². The second-order valence-corrected chi connectivity index (χ2v) is 12.5. The molecule has 0 saturated carbocycles. The molecule has 0 atom stereocenters. The molecule has 0 bridgehead atoms. The average Bonchev–Trinajstić information content (AvgIpc) is 3.53. The molecular formula is C46H28O. The molecule has 1 nitrogen and oxygen atoms in total. The summed E-state index contributed by atoms with van der Waals surface area (Å²) < 4.78 is 6.40. The second kappa shape index (κ2) is 10.2. The van der Waals surface area contributed by atoms with E-state index in [1.807, 2.05) is 0 Å². The van der Waals surface area contributed by atoms with Gasteiger partial charge in [-0.2, -0.15) is 0 Å². The van der Waals surface area contributed by atoms with Gasteiger partial charge in [0.15, 0.2) is 0 Å². The van der Waals surface area contributed by atoms with Gasteiger partial charge in [0.1, 0.15) is 11.2 Å². The first-order valence-corrected chi connectivity index (χ1v) is 16.2. The molecule has 10 aromatic rings. The number of benzene rings is 9. The average molecular weight is 597 g/mol. The lowest BCUT2D eigenvalue weighted by molar-refractivity contribution is 0.669. The topological polar surface area (TPSA) is 13.1 Å². The van der Waals surface area contributed by atoms with Gasteiger partial charge in [-0.25, -0.2) is 0 Å². The molecule has 0 radical (unpaired) electrons. The molecular weight excluding hydrogens is 569 g/mol. The SMILES string of the molecule is c1cc(-c2cccc(-c3cccc4oc5ccc6ccccc6c5c34)c2)cc(-c2c3ccccc3cc3c2ccc2ccccc23)c1. The van der Waals surface area contributed by atoms with Crippen molar-refractivity contribution in [3.05, 3.63) is 170 Å². The summed E-state index contributed by atoms with van der Waals surface area (Å²) in [7, 11) is 0. The molecule has 0 spiro atoms. The molecule has 0 aliphatic heterocycles. The number of hydrogen-bond donors (Lipinski definition) is 0. The van der Waals surface area contributed by atoms with E-state index in [0.717, 1.165) is 11.2 Å². The maximum atomic E-state index is 6.40. The van der Waals surface area contributed by atoms with Gasteiger partial charge >= 0.3 is 0 Å². The number of fused-ring (bicyclic) bond motifs is 9. The minimum Gasteiger partial charge on any atom is -0.456 e. The van der Waals surface area contributed by atoms with Gasteiger partial charge in [-0.1, -0.05) is 140 Å². The summed E-state index contributed by atoms with van der Waals surface area (Å²) >= 11 is 0. The van der Waals surface area contributed by atoms with E-state index in [2.05, 4.69) is 170 Å². The quantitative estimate of drug-likeness (QED) is 0.146. The number of hydrogen-bond acceptors (Lipinski definition) is 1. The van der Waals surface area contributed by atoms with Gasteiger partial charge in [-0.05, 0) is 107 Å². The first-order chi connectivity index (χ1) is 23.3. The summed E-state index contributed by atoms with van der Waals surface area (Å²) in [5, 5.41) is 12.4. The second-order valence-electron chi connectivity index (χ2n) is 12.5. The zero-order valence-electron chi connectivity index (χ0n) is 25.6. The lowest BCUT2D eigenvalue weighted by Crippen LogP contribution is -1.88. The van der Waals surface area contributed by atoms with Crippen molar-refractivity contribution in [1.29, 1.82) is 0 Å². The number of rotatable bonds is 3. The molecule has 1 heterocycles. The van der Waals surface area contributed by atoms with Crippen LogP contribution in [0.5, 0.6) is 0 Å². The Hall–Kier alpha value is -6.18. The van der Waals surface area contributed by atoms with Gasteiger partial charge in [0, 0.05) is 10.8 Å². The van der Waals surface area contributed by atoms with Crippen LogP contribution >= 0.6 is 0 Å². The fourth-order valence-corrected chi connectivity index (χ4v) is 7.68. The van der Waals surface area contributed by atoms with Crippen LogP contribution in [0, 0.1) is 0 Å². The van der Waals surface area contributed by atoms with E-state index in [9.17, 15) is 0 Å². The van der Waals surface area contributed by atoms with Crippen LogP contribution in [-0.2, 0) is 0 Å². The van der Waals surface area contributed by atoms with E-state index in [1.165, 1.54) is 87.2 Å². The van der Waals surface area contributed by atoms with Gasteiger partial charge in [0.25, 0.3) is 0 Å². The highest BCUT2D eigenvalue weighted by Gasteiger charge is 2.16. The van der Waals surface area contributed by atoms with Crippen molar-refractivity contribution in [3.63, 3.8) is 0 Å². The van der Waals surface area contributed by atoms with Crippen LogP contribution in [0.3, 0.4) is 0 Å². The van der Waals surface area contributed by atoms with Crippen molar-refractivity contribution in [2.24, 2.45) is 0 Å². The lowest BCUT2D eigenvalue weighted by atomic mass is 9.88. The molecule has 0 aliphatic carbocycles. The highest BCUT2D eigenvalue weighted by molar-refractivity contribution is 6.23. The van der Waals surface area contributed by atoms with E-state index >= 15 is 0 Å². The molecule has 0 aliphatic rings. The molecule has 0 fully saturated rings. The highest BCUT2D eigenvalue weighted by Crippen LogP contribution is 2.43. The van der Waals surface area contributed by atoms with Gasteiger partial charge < -0.3 is 4.42 Å². The molecule has 218 valence electrons. The Morgan fingerprint density at radius 2 is 0.894 bits per heavy atom. The molecule has 9 aromatic carbocycles. The van der Waals surface area contributed by atoms with Crippen LogP contribution in [0.1, 0.15) is 0 Å². The summed E-state index contributed by atoms with van der Waals surface area (Å²) in [6.07, 6.45) is 0. The summed E-state index contributed by atoms with van der Waals surface area (Å²) in [5.74, 6) is 0. The van der Waals surface area contributed by atoms with E-state index in [0.29, 0.717) is 0 Å². The van der Waals surface area contributed by atoms with E-state index < -0.39 is 0 Å². The molecule has 0 unspecified atom stereocenters. The maximum Gasteiger partial charge on any atom is 0.136 e. The lowest BCUT2D eigenvalue weighted by Gasteiger charge is -2.15. The van der Waals surface area contributed by atoms with Gasteiger partial charge in [0.2, 0.25) is 0 Å². The largest absolute Gasteiger partial charge is 0.456 e. The maximum absolute atomic E-state index is 6.40. The van der Waals surface area contributed by atoms with Crippen molar-refractivity contribution in [3.8, 4) is 33.4 Å². The Balaban J connectivity index is 1.17. The first-order valence-electron chi connectivity index (χ1n) is 16.2.